The Morgan fingerprint density at radius 2 is 1.65 bits per heavy atom. The van der Waals surface area contributed by atoms with Gasteiger partial charge < -0.3 is 19.4 Å². The van der Waals surface area contributed by atoms with Crippen molar-refractivity contribution < 1.29 is 41.7 Å². The largest absolute Gasteiger partial charge is 0.748 e. The minimum atomic E-state index is -4.29. The molecule has 0 saturated heterocycles. The lowest BCUT2D eigenvalue weighted by Gasteiger charge is -2.31. The fourth-order valence-electron chi connectivity index (χ4n) is 8.25. The number of unbranched alkanes of at least 4 members (excludes halogenated alkanes) is 2. The van der Waals surface area contributed by atoms with Gasteiger partial charge in [0.25, 0.3) is 0 Å². The average molecular weight is 821 g/mol. The van der Waals surface area contributed by atoms with Gasteiger partial charge in [0.2, 0.25) is 5.69 Å². The lowest BCUT2D eigenvalue weighted by atomic mass is 9.81. The molecule has 1 amide bonds. The molecule has 0 unspecified atom stereocenters. The van der Waals surface area contributed by atoms with Crippen molar-refractivity contribution in [3.8, 4) is 0 Å². The summed E-state index contributed by atoms with van der Waals surface area (Å²) in [7, 11) is -2.51. The van der Waals surface area contributed by atoms with Gasteiger partial charge in [-0.3, -0.25) is 9.94 Å². The number of para-hydroxylation sites is 2. The molecule has 0 fully saturated rings. The van der Waals surface area contributed by atoms with Gasteiger partial charge in [-0.15, -0.1) is 0 Å². The van der Waals surface area contributed by atoms with E-state index in [2.05, 4.69) is 107 Å². The second kappa shape index (κ2) is 18.5. The normalized spacial score (nSPS) is 19.2. The molecule has 0 bridgehead atoms. The number of benzene rings is 2. The first-order valence-electron chi connectivity index (χ1n) is 19.8. The Bertz CT molecular complexity index is 2060. The van der Waals surface area contributed by atoms with Crippen LogP contribution in [0.1, 0.15) is 105 Å². The highest BCUT2D eigenvalue weighted by atomic mass is 32.2. The molecule has 1 aliphatic carbocycles. The summed E-state index contributed by atoms with van der Waals surface area (Å²) in [5, 5.41) is 13.7. The maximum Gasteiger partial charge on any atom is 0.414 e. The summed E-state index contributed by atoms with van der Waals surface area (Å²) < 4.78 is 46.7. The minimum absolute atomic E-state index is 0.276. The third kappa shape index (κ3) is 10.7. The summed E-state index contributed by atoms with van der Waals surface area (Å²) in [5.74, 6) is 0.252. The zero-order chi connectivity index (χ0) is 41.6. The van der Waals surface area contributed by atoms with E-state index < -0.39 is 21.8 Å². The van der Waals surface area contributed by atoms with Crippen LogP contribution in [0.4, 0.5) is 16.2 Å². The second-order valence-corrected chi connectivity index (χ2v) is 19.3. The van der Waals surface area contributed by atoms with Crippen LogP contribution in [0.2, 0.25) is 0 Å². The number of hydrogen-bond acceptors (Lipinski definition) is 10. The van der Waals surface area contributed by atoms with E-state index in [1.165, 1.54) is 16.8 Å². The molecule has 0 spiro atoms. The molecule has 0 saturated carbocycles. The molecule has 5 rings (SSSR count). The van der Waals surface area contributed by atoms with Gasteiger partial charge in [-0.05, 0) is 102 Å². The van der Waals surface area contributed by atoms with Crippen LogP contribution in [0.15, 0.2) is 95.4 Å². The Morgan fingerprint density at radius 1 is 0.947 bits per heavy atom. The molecule has 0 radical (unpaired) electrons. The van der Waals surface area contributed by atoms with Gasteiger partial charge in [-0.1, -0.05) is 62.4 Å². The minimum Gasteiger partial charge on any atom is -0.748 e. The Morgan fingerprint density at radius 3 is 2.35 bits per heavy atom. The number of carbonyl (C=O) groups excluding carboxylic acids is 1. The van der Waals surface area contributed by atoms with Gasteiger partial charge >= 0.3 is 6.09 Å². The lowest BCUT2D eigenvalue weighted by Crippen LogP contribution is -2.35. The predicted octanol–water partition coefficient (Wildman–Crippen LogP) is 8.51. The van der Waals surface area contributed by atoms with Crippen LogP contribution in [0.3, 0.4) is 0 Å². The molecular weight excluding hydrogens is 763 g/mol. The number of nitrogens with zero attached hydrogens (tertiary/aromatic N) is 3. The van der Waals surface area contributed by atoms with Crippen LogP contribution < -0.4 is 10.2 Å². The number of ether oxygens (including phenoxy) is 1. The highest BCUT2D eigenvalue weighted by Crippen LogP contribution is 2.48. The van der Waals surface area contributed by atoms with Crippen molar-refractivity contribution in [2.75, 3.05) is 36.5 Å². The fraction of sp³-hybridized carbons (Fsp3) is 0.500. The number of allylic oxidation sites excluding steroid dienone is 7. The number of hydrogen-bond donors (Lipinski definition) is 0. The molecule has 2 heterocycles. The van der Waals surface area contributed by atoms with E-state index in [1.807, 2.05) is 32.9 Å². The summed E-state index contributed by atoms with van der Waals surface area (Å²) in [6, 6.07) is 16.7. The standard InChI is InChI=1S/C44H59N3O8S2/c1-42(2,3)53-41(48)45(8)40-32(24-26-38-43(4,5)34-20-9-11-22-36(34)46(38)28-13-15-30-56-55-54-49)18-17-19-33(40)25-27-39-44(6,7)35-21-10-12-23-37(35)47(39)29-14-16-31-57(50,51)52/h9-12,20-27H,13-19,28-31H2,1-8H3,(H-,49,50,51,52)/p-1. The molecular formula is C44H58N3O8S2-. The maximum absolute atomic E-state index is 13.8. The molecule has 2 aromatic carbocycles. The van der Waals surface area contributed by atoms with Crippen molar-refractivity contribution in [2.24, 2.45) is 0 Å². The van der Waals surface area contributed by atoms with Gasteiger partial charge in [0.05, 0.1) is 21.2 Å². The molecule has 3 aliphatic rings. The van der Waals surface area contributed by atoms with Crippen LogP contribution in [0, 0.1) is 0 Å². The van der Waals surface area contributed by atoms with E-state index in [0.717, 1.165) is 84.6 Å². The predicted molar refractivity (Wildman–Crippen MR) is 224 cm³/mol. The van der Waals surface area contributed by atoms with E-state index in [4.69, 9.17) is 4.74 Å². The zero-order valence-corrected chi connectivity index (χ0v) is 36.3. The number of rotatable bonds is 16. The molecule has 2 aliphatic heterocycles. The molecule has 310 valence electrons. The highest BCUT2D eigenvalue weighted by molar-refractivity contribution is 7.94. The first kappa shape index (κ1) is 44.4. The molecule has 2 aromatic rings. The highest BCUT2D eigenvalue weighted by Gasteiger charge is 2.44. The Hall–Kier alpha value is -3.72. The van der Waals surface area contributed by atoms with E-state index in [0.29, 0.717) is 18.7 Å². The molecule has 0 atom stereocenters. The number of likely N-dealkylation sites (N-methyl/N-ethyl adjacent to an activating group) is 1. The quantitative estimate of drug-likeness (QED) is 0.0405. The van der Waals surface area contributed by atoms with Crippen molar-refractivity contribution in [2.45, 2.75) is 110 Å². The van der Waals surface area contributed by atoms with Gasteiger partial charge in [-0.25, -0.2) is 13.2 Å². The number of fused-ring (bicyclic) bond motifs is 2. The monoisotopic (exact) mass is 820 g/mol. The third-order valence-corrected chi connectivity index (χ3v) is 12.3. The molecule has 13 heteroatoms. The summed E-state index contributed by atoms with van der Waals surface area (Å²) in [6.07, 6.45) is 13.2. The van der Waals surface area contributed by atoms with Crippen LogP contribution in [-0.2, 0) is 35.1 Å². The van der Waals surface area contributed by atoms with Crippen molar-refractivity contribution in [3.05, 3.63) is 107 Å². The van der Waals surface area contributed by atoms with Crippen LogP contribution in [-0.4, -0.2) is 71.5 Å². The van der Waals surface area contributed by atoms with Crippen molar-refractivity contribution >= 4 is 45.3 Å². The number of carbonyl (C=O) groups is 1. The molecule has 57 heavy (non-hydrogen) atoms. The zero-order valence-electron chi connectivity index (χ0n) is 34.6. The van der Waals surface area contributed by atoms with E-state index in [-0.39, 0.29) is 23.0 Å². The van der Waals surface area contributed by atoms with Crippen molar-refractivity contribution in [3.63, 3.8) is 0 Å². The summed E-state index contributed by atoms with van der Waals surface area (Å²) in [4.78, 5) is 17.8. The van der Waals surface area contributed by atoms with E-state index in [9.17, 15) is 23.0 Å². The maximum atomic E-state index is 13.8. The molecule has 0 aromatic heterocycles. The van der Waals surface area contributed by atoms with Crippen LogP contribution in [0.25, 0.3) is 0 Å². The van der Waals surface area contributed by atoms with Crippen molar-refractivity contribution in [1.29, 1.82) is 0 Å². The van der Waals surface area contributed by atoms with Crippen LogP contribution >= 0.6 is 12.0 Å². The lowest BCUT2D eigenvalue weighted by molar-refractivity contribution is -0.777. The third-order valence-electron chi connectivity index (χ3n) is 10.9. The van der Waals surface area contributed by atoms with Gasteiger partial charge in [0, 0.05) is 78.1 Å². The van der Waals surface area contributed by atoms with Gasteiger partial charge in [0.1, 0.15) is 12.1 Å². The summed E-state index contributed by atoms with van der Waals surface area (Å²) in [6.45, 7) is 15.8. The topological polar surface area (TPSA) is 135 Å². The van der Waals surface area contributed by atoms with E-state index in [1.54, 1.807) is 11.9 Å². The summed E-state index contributed by atoms with van der Waals surface area (Å²) in [5.41, 5.74) is 8.44. The second-order valence-electron chi connectivity index (χ2n) is 17.0. The average Bonchev–Trinajstić information content (AvgIpc) is 3.49. The Kier molecular flexibility index (Phi) is 14.4. The van der Waals surface area contributed by atoms with Crippen molar-refractivity contribution in [1.82, 2.24) is 4.90 Å². The SMILES string of the molecule is CN(C(=O)OC(C)(C)C)C1=C(/C=C/C2=[N+](CCCCS(=O)(=O)[O-])c3ccccc3C2(C)C)CCC/C1=C\C=C1\N(CCCCSOO[O-])c2ccccc2C1(C)C. The smallest absolute Gasteiger partial charge is 0.414 e. The summed E-state index contributed by atoms with van der Waals surface area (Å²) >= 11 is 1.01. The number of amides is 1. The molecule has 0 N–H and O–H groups in total. The van der Waals surface area contributed by atoms with Gasteiger partial charge in [0.15, 0.2) is 5.71 Å². The Labute approximate surface area is 343 Å². The fourth-order valence-corrected chi connectivity index (χ4v) is 9.23. The Balaban J connectivity index is 1.57. The van der Waals surface area contributed by atoms with E-state index >= 15 is 0 Å². The number of anilines is 1. The first-order valence-corrected chi connectivity index (χ1v) is 22.3. The van der Waals surface area contributed by atoms with Gasteiger partial charge in [-0.2, -0.15) is 8.91 Å². The van der Waals surface area contributed by atoms with Crippen LogP contribution in [0.5, 0.6) is 0 Å². The molecule has 11 nitrogen and oxygen atoms in total. The first-order chi connectivity index (χ1) is 26.9.